The summed E-state index contributed by atoms with van der Waals surface area (Å²) in [6.45, 7) is -0.562. The maximum Gasteiger partial charge on any atom is 0.328 e. The number of aliphatic carboxylic acids is 1. The molecule has 1 saturated carbocycles. The molecule has 1 aliphatic carbocycles. The van der Waals surface area contributed by atoms with Gasteiger partial charge >= 0.3 is 5.97 Å². The highest BCUT2D eigenvalue weighted by Gasteiger charge is 2.25. The first kappa shape index (κ1) is 12.0. The van der Waals surface area contributed by atoms with E-state index in [9.17, 15) is 9.59 Å². The van der Waals surface area contributed by atoms with E-state index in [0.717, 1.165) is 32.1 Å². The van der Waals surface area contributed by atoms with Gasteiger partial charge in [0.15, 0.2) is 0 Å². The van der Waals surface area contributed by atoms with E-state index in [1.165, 1.54) is 0 Å². The van der Waals surface area contributed by atoms with Crippen molar-refractivity contribution in [2.45, 2.75) is 38.1 Å². The predicted octanol–water partition coefficient (Wildman–Crippen LogP) is 0.128. The Kier molecular flexibility index (Phi) is 4.55. The maximum absolute atomic E-state index is 11.6. The van der Waals surface area contributed by atoms with Gasteiger partial charge in [0, 0.05) is 5.92 Å². The normalized spacial score (nSPS) is 19.5. The molecule has 0 spiro atoms. The smallest absolute Gasteiger partial charge is 0.328 e. The lowest BCUT2D eigenvalue weighted by Gasteiger charge is -2.22. The molecular weight excluding hydrogens is 198 g/mol. The van der Waals surface area contributed by atoms with E-state index in [2.05, 4.69) is 5.32 Å². The molecule has 1 rings (SSSR count). The van der Waals surface area contributed by atoms with Crippen molar-refractivity contribution in [3.05, 3.63) is 0 Å². The van der Waals surface area contributed by atoms with Crippen molar-refractivity contribution in [2.24, 2.45) is 5.92 Å². The summed E-state index contributed by atoms with van der Waals surface area (Å²) in [4.78, 5) is 22.2. The zero-order valence-corrected chi connectivity index (χ0v) is 8.61. The topological polar surface area (TPSA) is 86.6 Å². The lowest BCUT2D eigenvalue weighted by molar-refractivity contribution is -0.143. The molecule has 0 saturated heterocycles. The molecule has 15 heavy (non-hydrogen) atoms. The molecule has 0 aliphatic heterocycles. The molecule has 0 bridgehead atoms. The van der Waals surface area contributed by atoms with E-state index >= 15 is 0 Å². The van der Waals surface area contributed by atoms with E-state index < -0.39 is 18.6 Å². The van der Waals surface area contributed by atoms with E-state index in [-0.39, 0.29) is 11.8 Å². The van der Waals surface area contributed by atoms with E-state index in [1.807, 2.05) is 0 Å². The second-order valence-electron chi connectivity index (χ2n) is 3.92. The number of hydrogen-bond acceptors (Lipinski definition) is 3. The molecule has 1 aliphatic rings. The van der Waals surface area contributed by atoms with Gasteiger partial charge in [-0.1, -0.05) is 19.3 Å². The van der Waals surface area contributed by atoms with Crippen LogP contribution < -0.4 is 5.32 Å². The molecule has 1 atom stereocenters. The number of carboxylic acid groups (broad SMARTS) is 1. The average molecular weight is 215 g/mol. The van der Waals surface area contributed by atoms with Crippen LogP contribution in [-0.2, 0) is 9.59 Å². The summed E-state index contributed by atoms with van der Waals surface area (Å²) >= 11 is 0. The van der Waals surface area contributed by atoms with Crippen LogP contribution in [0.1, 0.15) is 32.1 Å². The fourth-order valence-corrected chi connectivity index (χ4v) is 1.84. The standard InChI is InChI=1S/C10H17NO4/c12-6-8(10(14)15)11-9(13)7-4-2-1-3-5-7/h7-8,12H,1-6H2,(H,11,13)(H,14,15)/t8-/m1/s1. The van der Waals surface area contributed by atoms with Gasteiger partial charge in [0.1, 0.15) is 6.04 Å². The van der Waals surface area contributed by atoms with E-state index in [0.29, 0.717) is 0 Å². The number of rotatable bonds is 4. The number of carbonyl (C=O) groups is 2. The summed E-state index contributed by atoms with van der Waals surface area (Å²) in [5.74, 6) is -1.51. The molecule has 1 fully saturated rings. The number of amides is 1. The van der Waals surface area contributed by atoms with Crippen LogP contribution in [0.25, 0.3) is 0 Å². The van der Waals surface area contributed by atoms with Gasteiger partial charge in [-0.25, -0.2) is 4.79 Å². The minimum atomic E-state index is -1.19. The van der Waals surface area contributed by atoms with Crippen molar-refractivity contribution in [3.63, 3.8) is 0 Å². The lowest BCUT2D eigenvalue weighted by Crippen LogP contribution is -2.46. The van der Waals surface area contributed by atoms with Crippen molar-refractivity contribution in [1.29, 1.82) is 0 Å². The molecule has 0 aromatic carbocycles. The Bertz CT molecular complexity index is 236. The molecule has 1 amide bonds. The largest absolute Gasteiger partial charge is 0.480 e. The van der Waals surface area contributed by atoms with E-state index in [1.54, 1.807) is 0 Å². The Balaban J connectivity index is 2.42. The summed E-state index contributed by atoms with van der Waals surface area (Å²) in [5, 5.41) is 19.7. The van der Waals surface area contributed by atoms with Crippen LogP contribution in [0.5, 0.6) is 0 Å². The van der Waals surface area contributed by atoms with Crippen molar-refractivity contribution < 1.29 is 19.8 Å². The fraction of sp³-hybridized carbons (Fsp3) is 0.800. The first-order chi connectivity index (χ1) is 7.15. The van der Waals surface area contributed by atoms with Gasteiger partial charge in [-0.15, -0.1) is 0 Å². The molecule has 3 N–H and O–H groups in total. The summed E-state index contributed by atoms with van der Waals surface area (Å²) in [5.41, 5.74) is 0. The van der Waals surface area contributed by atoms with Gasteiger partial charge in [-0.3, -0.25) is 4.79 Å². The molecule has 0 aromatic heterocycles. The first-order valence-corrected chi connectivity index (χ1v) is 5.29. The third kappa shape index (κ3) is 3.51. The predicted molar refractivity (Wildman–Crippen MR) is 53.2 cm³/mol. The van der Waals surface area contributed by atoms with E-state index in [4.69, 9.17) is 10.2 Å². The second-order valence-corrected chi connectivity index (χ2v) is 3.92. The molecular formula is C10H17NO4. The van der Waals surface area contributed by atoms with Gasteiger partial charge in [0.05, 0.1) is 6.61 Å². The Hall–Kier alpha value is -1.10. The number of nitrogens with one attached hydrogen (secondary N) is 1. The molecule has 0 heterocycles. The third-order valence-electron chi connectivity index (χ3n) is 2.77. The highest BCUT2D eigenvalue weighted by atomic mass is 16.4. The highest BCUT2D eigenvalue weighted by Crippen LogP contribution is 2.23. The van der Waals surface area contributed by atoms with Crippen LogP contribution in [0, 0.1) is 5.92 Å². The minimum absolute atomic E-state index is 0.0767. The summed E-state index contributed by atoms with van der Waals surface area (Å²) in [7, 11) is 0. The number of aliphatic hydroxyl groups is 1. The minimum Gasteiger partial charge on any atom is -0.480 e. The second kappa shape index (κ2) is 5.70. The van der Waals surface area contributed by atoms with Gasteiger partial charge in [0.2, 0.25) is 5.91 Å². The molecule has 86 valence electrons. The number of aliphatic hydroxyl groups excluding tert-OH is 1. The van der Waals surface area contributed by atoms with Gasteiger partial charge in [-0.05, 0) is 12.8 Å². The van der Waals surface area contributed by atoms with Crippen LogP contribution in [0.15, 0.2) is 0 Å². The molecule has 0 aromatic rings. The Labute approximate surface area is 88.5 Å². The van der Waals surface area contributed by atoms with Crippen molar-refractivity contribution in [1.82, 2.24) is 5.32 Å². The zero-order valence-electron chi connectivity index (χ0n) is 8.61. The molecule has 5 heteroatoms. The highest BCUT2D eigenvalue weighted by molar-refractivity contribution is 5.85. The Morgan fingerprint density at radius 2 is 1.87 bits per heavy atom. The summed E-state index contributed by atoms with van der Waals surface area (Å²) < 4.78 is 0. The lowest BCUT2D eigenvalue weighted by atomic mass is 9.88. The molecule has 0 radical (unpaired) electrons. The van der Waals surface area contributed by atoms with Crippen LogP contribution in [0.2, 0.25) is 0 Å². The van der Waals surface area contributed by atoms with Gasteiger partial charge in [-0.2, -0.15) is 0 Å². The summed E-state index contributed by atoms with van der Waals surface area (Å²) in [6.07, 6.45) is 4.84. The van der Waals surface area contributed by atoms with Crippen molar-refractivity contribution in [2.75, 3.05) is 6.61 Å². The van der Waals surface area contributed by atoms with Crippen LogP contribution in [0.3, 0.4) is 0 Å². The molecule has 5 nitrogen and oxygen atoms in total. The van der Waals surface area contributed by atoms with Gasteiger partial charge < -0.3 is 15.5 Å². The van der Waals surface area contributed by atoms with Crippen LogP contribution in [-0.4, -0.2) is 34.7 Å². The van der Waals surface area contributed by atoms with Crippen LogP contribution in [0.4, 0.5) is 0 Å². The third-order valence-corrected chi connectivity index (χ3v) is 2.77. The quantitative estimate of drug-likeness (QED) is 0.622. The Morgan fingerprint density at radius 3 is 2.33 bits per heavy atom. The van der Waals surface area contributed by atoms with Crippen molar-refractivity contribution in [3.8, 4) is 0 Å². The molecule has 0 unspecified atom stereocenters. The average Bonchev–Trinajstić information content (AvgIpc) is 2.26. The Morgan fingerprint density at radius 1 is 1.27 bits per heavy atom. The number of carboxylic acids is 1. The number of carbonyl (C=O) groups excluding carboxylic acids is 1. The maximum atomic E-state index is 11.6. The van der Waals surface area contributed by atoms with Gasteiger partial charge in [0.25, 0.3) is 0 Å². The van der Waals surface area contributed by atoms with Crippen LogP contribution >= 0.6 is 0 Å². The number of hydrogen-bond donors (Lipinski definition) is 3. The SMILES string of the molecule is O=C(N[C@H](CO)C(=O)O)C1CCCCC1. The fourth-order valence-electron chi connectivity index (χ4n) is 1.84. The summed E-state index contributed by atoms with van der Waals surface area (Å²) in [6, 6.07) is -1.17. The first-order valence-electron chi connectivity index (χ1n) is 5.29. The monoisotopic (exact) mass is 215 g/mol. The zero-order chi connectivity index (χ0) is 11.3. The van der Waals surface area contributed by atoms with Crippen molar-refractivity contribution >= 4 is 11.9 Å².